The van der Waals surface area contributed by atoms with Crippen molar-refractivity contribution in [1.29, 1.82) is 0 Å². The minimum absolute atomic E-state index is 0.681. The Morgan fingerprint density at radius 2 is 2.07 bits per heavy atom. The van der Waals surface area contributed by atoms with Gasteiger partial charge < -0.3 is 0 Å². The summed E-state index contributed by atoms with van der Waals surface area (Å²) in [6.45, 7) is 0. The van der Waals surface area contributed by atoms with Gasteiger partial charge in [0.25, 0.3) is 0 Å². The van der Waals surface area contributed by atoms with E-state index in [0.29, 0.717) is 5.92 Å². The smallest absolute Gasteiger partial charge is 0.129 e. The van der Waals surface area contributed by atoms with Gasteiger partial charge in [-0.15, -0.1) is 0 Å². The zero-order valence-electron chi connectivity index (χ0n) is 9.02. The summed E-state index contributed by atoms with van der Waals surface area (Å²) in [6.07, 6.45) is 9.49. The van der Waals surface area contributed by atoms with E-state index in [4.69, 9.17) is 0 Å². The highest BCUT2D eigenvalue weighted by molar-refractivity contribution is 7.80. The van der Waals surface area contributed by atoms with Gasteiger partial charge in [0, 0.05) is 24.2 Å². The lowest BCUT2D eigenvalue weighted by Crippen LogP contribution is -2.08. The molecule has 0 amide bonds. The third-order valence-electron chi connectivity index (χ3n) is 3.09. The lowest BCUT2D eigenvalue weighted by Gasteiger charge is -2.21. The van der Waals surface area contributed by atoms with Crippen molar-refractivity contribution in [3.8, 4) is 0 Å². The lowest BCUT2D eigenvalue weighted by molar-refractivity contribution is 0.435. The van der Waals surface area contributed by atoms with Gasteiger partial charge in [-0.25, -0.2) is 9.97 Å². The van der Waals surface area contributed by atoms with Crippen LogP contribution < -0.4 is 0 Å². The van der Waals surface area contributed by atoms with Crippen LogP contribution in [0.15, 0.2) is 12.3 Å². The van der Waals surface area contributed by atoms with Crippen LogP contribution >= 0.6 is 12.6 Å². The monoisotopic (exact) mass is 222 g/mol. The van der Waals surface area contributed by atoms with Crippen LogP contribution in [0.25, 0.3) is 0 Å². The number of aryl methyl sites for hydroxylation is 1. The number of hydrogen-bond acceptors (Lipinski definition) is 3. The normalized spacial score (nSPS) is 17.9. The highest BCUT2D eigenvalue weighted by Crippen LogP contribution is 2.31. The fourth-order valence-electron chi connectivity index (χ4n) is 2.26. The van der Waals surface area contributed by atoms with E-state index >= 15 is 0 Å². The number of aromatic nitrogens is 2. The van der Waals surface area contributed by atoms with E-state index in [2.05, 4.69) is 28.7 Å². The van der Waals surface area contributed by atoms with E-state index in [1.165, 1.54) is 37.8 Å². The number of thiol groups is 1. The minimum atomic E-state index is 0.681. The molecule has 0 N–H and O–H groups in total. The molecular formula is C12H18N2S. The second-order valence-electron chi connectivity index (χ2n) is 4.21. The molecular weight excluding hydrogens is 204 g/mol. The fraction of sp³-hybridized carbons (Fsp3) is 0.667. The van der Waals surface area contributed by atoms with Crippen molar-refractivity contribution in [2.45, 2.75) is 44.4 Å². The van der Waals surface area contributed by atoms with E-state index < -0.39 is 0 Å². The molecule has 3 heteroatoms. The van der Waals surface area contributed by atoms with Gasteiger partial charge >= 0.3 is 0 Å². The Morgan fingerprint density at radius 1 is 1.27 bits per heavy atom. The molecule has 0 aromatic carbocycles. The predicted octanol–water partition coefficient (Wildman–Crippen LogP) is 3.00. The van der Waals surface area contributed by atoms with E-state index in [1.54, 1.807) is 0 Å². The van der Waals surface area contributed by atoms with Crippen LogP contribution in [0.2, 0.25) is 0 Å². The van der Waals surface area contributed by atoms with Crippen LogP contribution in [0.3, 0.4) is 0 Å². The van der Waals surface area contributed by atoms with Crippen molar-refractivity contribution in [2.24, 2.45) is 0 Å². The van der Waals surface area contributed by atoms with Crippen LogP contribution in [-0.4, -0.2) is 15.7 Å². The molecule has 1 saturated carbocycles. The van der Waals surface area contributed by atoms with Gasteiger partial charge in [-0.1, -0.05) is 19.3 Å². The molecule has 2 nitrogen and oxygen atoms in total. The quantitative estimate of drug-likeness (QED) is 0.796. The first kappa shape index (κ1) is 10.9. The summed E-state index contributed by atoms with van der Waals surface area (Å²) in [5, 5.41) is 0. The molecule has 0 unspecified atom stereocenters. The molecule has 1 aliphatic rings. The van der Waals surface area contributed by atoms with Crippen LogP contribution in [0.4, 0.5) is 0 Å². The Kier molecular flexibility index (Phi) is 4.01. The van der Waals surface area contributed by atoms with E-state index in [1.807, 2.05) is 6.20 Å². The summed E-state index contributed by atoms with van der Waals surface area (Å²) in [5.41, 5.74) is 1.25. The third-order valence-corrected chi connectivity index (χ3v) is 3.31. The molecule has 0 spiro atoms. The molecule has 2 rings (SSSR count). The van der Waals surface area contributed by atoms with Crippen molar-refractivity contribution >= 4 is 12.6 Å². The highest BCUT2D eigenvalue weighted by atomic mass is 32.1. The van der Waals surface area contributed by atoms with Gasteiger partial charge in [0.1, 0.15) is 5.82 Å². The fourth-order valence-corrected chi connectivity index (χ4v) is 2.46. The topological polar surface area (TPSA) is 25.8 Å². The summed E-state index contributed by atoms with van der Waals surface area (Å²) >= 11 is 4.21. The van der Waals surface area contributed by atoms with Gasteiger partial charge in [-0.2, -0.15) is 12.6 Å². The average molecular weight is 222 g/mol. The van der Waals surface area contributed by atoms with E-state index in [9.17, 15) is 0 Å². The largest absolute Gasteiger partial charge is 0.241 e. The maximum atomic E-state index is 4.63. The summed E-state index contributed by atoms with van der Waals surface area (Å²) in [5.74, 6) is 2.46. The first-order valence-corrected chi connectivity index (χ1v) is 6.46. The molecule has 1 aliphatic carbocycles. The van der Waals surface area contributed by atoms with Gasteiger partial charge in [0.15, 0.2) is 0 Å². The van der Waals surface area contributed by atoms with Crippen LogP contribution in [-0.2, 0) is 6.42 Å². The molecule has 82 valence electrons. The molecule has 1 aromatic heterocycles. The van der Waals surface area contributed by atoms with E-state index in [-0.39, 0.29) is 0 Å². The minimum Gasteiger partial charge on any atom is -0.241 e. The maximum Gasteiger partial charge on any atom is 0.129 e. The third kappa shape index (κ3) is 2.94. The van der Waals surface area contributed by atoms with Crippen molar-refractivity contribution in [1.82, 2.24) is 9.97 Å². The zero-order valence-corrected chi connectivity index (χ0v) is 9.92. The van der Waals surface area contributed by atoms with Crippen LogP contribution in [0.1, 0.15) is 49.5 Å². The Hall–Kier alpha value is -0.570. The molecule has 1 heterocycles. The Labute approximate surface area is 96.9 Å². The highest BCUT2D eigenvalue weighted by Gasteiger charge is 2.16. The molecule has 0 radical (unpaired) electrons. The predicted molar refractivity (Wildman–Crippen MR) is 65.4 cm³/mol. The van der Waals surface area contributed by atoms with Gasteiger partial charge in [-0.05, 0) is 24.7 Å². The first-order valence-electron chi connectivity index (χ1n) is 5.83. The Bertz CT molecular complexity index is 308. The molecule has 1 aromatic rings. The van der Waals surface area contributed by atoms with Crippen LogP contribution in [0.5, 0.6) is 0 Å². The van der Waals surface area contributed by atoms with Crippen molar-refractivity contribution in [2.75, 3.05) is 5.75 Å². The lowest BCUT2D eigenvalue weighted by atomic mass is 9.87. The van der Waals surface area contributed by atoms with Gasteiger partial charge in [0.2, 0.25) is 0 Å². The Morgan fingerprint density at radius 3 is 2.80 bits per heavy atom. The standard InChI is InChI=1S/C12H18N2S/c15-9-7-12-13-8-6-11(14-12)10-4-2-1-3-5-10/h6,8,10,15H,1-5,7,9H2. The molecule has 0 bridgehead atoms. The second-order valence-corrected chi connectivity index (χ2v) is 4.65. The van der Waals surface area contributed by atoms with Crippen LogP contribution in [0, 0.1) is 0 Å². The number of hydrogen-bond donors (Lipinski definition) is 1. The molecule has 1 fully saturated rings. The van der Waals surface area contributed by atoms with Crippen molar-refractivity contribution in [3.63, 3.8) is 0 Å². The summed E-state index contributed by atoms with van der Waals surface area (Å²) < 4.78 is 0. The molecule has 0 aliphatic heterocycles. The van der Waals surface area contributed by atoms with Crippen molar-refractivity contribution in [3.05, 3.63) is 23.8 Å². The average Bonchev–Trinajstić information content (AvgIpc) is 2.31. The van der Waals surface area contributed by atoms with Gasteiger partial charge in [0.05, 0.1) is 0 Å². The first-order chi connectivity index (χ1) is 7.40. The molecule has 15 heavy (non-hydrogen) atoms. The van der Waals surface area contributed by atoms with E-state index in [0.717, 1.165) is 18.0 Å². The van der Waals surface area contributed by atoms with Gasteiger partial charge in [-0.3, -0.25) is 0 Å². The number of rotatable bonds is 3. The summed E-state index contributed by atoms with van der Waals surface area (Å²) in [7, 11) is 0. The number of nitrogens with zero attached hydrogens (tertiary/aromatic N) is 2. The summed E-state index contributed by atoms with van der Waals surface area (Å²) in [4.78, 5) is 8.89. The van der Waals surface area contributed by atoms with Crippen molar-refractivity contribution < 1.29 is 0 Å². The second kappa shape index (κ2) is 5.50. The molecule has 0 atom stereocenters. The summed E-state index contributed by atoms with van der Waals surface area (Å²) in [6, 6.07) is 2.08. The maximum absolute atomic E-state index is 4.63. The Balaban J connectivity index is 2.09. The zero-order chi connectivity index (χ0) is 10.5. The SMILES string of the molecule is SCCc1nccc(C2CCCCC2)n1. The molecule has 0 saturated heterocycles.